The van der Waals surface area contributed by atoms with Crippen LogP contribution in [0.3, 0.4) is 0 Å². The lowest BCUT2D eigenvalue weighted by Crippen LogP contribution is -2.27. The molecular weight excluding hydrogens is 316 g/mol. The molecular formula is C20H20N2O3. The van der Waals surface area contributed by atoms with Crippen LogP contribution in [0.5, 0.6) is 0 Å². The summed E-state index contributed by atoms with van der Waals surface area (Å²) in [6.45, 7) is 0.598. The van der Waals surface area contributed by atoms with E-state index in [1.165, 1.54) is 0 Å². The van der Waals surface area contributed by atoms with Crippen molar-refractivity contribution in [3.05, 3.63) is 77.5 Å². The molecule has 1 aromatic heterocycles. The molecule has 3 rings (SSSR count). The normalized spacial score (nSPS) is 10.6. The minimum absolute atomic E-state index is 0.0414. The van der Waals surface area contributed by atoms with Gasteiger partial charge in [-0.2, -0.15) is 0 Å². The molecule has 1 amide bonds. The van der Waals surface area contributed by atoms with Gasteiger partial charge in [0.25, 0.3) is 0 Å². The number of amides is 1. The van der Waals surface area contributed by atoms with Crippen LogP contribution in [0, 0.1) is 0 Å². The summed E-state index contributed by atoms with van der Waals surface area (Å²) in [4.78, 5) is 12.0. The largest absolute Gasteiger partial charge is 0.392 e. The molecule has 25 heavy (non-hydrogen) atoms. The zero-order valence-corrected chi connectivity index (χ0v) is 13.8. The Morgan fingerprint density at radius 2 is 1.76 bits per heavy atom. The molecule has 0 unspecified atom stereocenters. The summed E-state index contributed by atoms with van der Waals surface area (Å²) in [6.07, 6.45) is 0.936. The zero-order chi connectivity index (χ0) is 17.5. The molecule has 0 aliphatic heterocycles. The van der Waals surface area contributed by atoms with Crippen LogP contribution in [0.1, 0.15) is 16.8 Å². The average molecular weight is 336 g/mol. The van der Waals surface area contributed by atoms with E-state index in [9.17, 15) is 4.79 Å². The number of aromatic nitrogens is 1. The van der Waals surface area contributed by atoms with E-state index in [1.807, 2.05) is 54.6 Å². The van der Waals surface area contributed by atoms with E-state index in [4.69, 9.17) is 9.63 Å². The molecule has 0 spiro atoms. The quantitative estimate of drug-likeness (QED) is 0.696. The van der Waals surface area contributed by atoms with Crippen molar-refractivity contribution in [1.82, 2.24) is 10.5 Å². The summed E-state index contributed by atoms with van der Waals surface area (Å²) < 4.78 is 5.30. The van der Waals surface area contributed by atoms with Gasteiger partial charge in [0.15, 0.2) is 5.76 Å². The molecule has 128 valence electrons. The molecule has 2 N–H and O–H groups in total. The van der Waals surface area contributed by atoms with Crippen molar-refractivity contribution in [3.63, 3.8) is 0 Å². The number of carbonyl (C=O) groups is 1. The van der Waals surface area contributed by atoms with Crippen molar-refractivity contribution in [2.45, 2.75) is 19.4 Å². The Kier molecular flexibility index (Phi) is 5.59. The van der Waals surface area contributed by atoms with Crippen molar-refractivity contribution in [1.29, 1.82) is 0 Å². The molecule has 0 fully saturated rings. The van der Waals surface area contributed by atoms with Crippen LogP contribution in [0.2, 0.25) is 0 Å². The van der Waals surface area contributed by atoms with Gasteiger partial charge in [-0.05, 0) is 17.5 Å². The summed E-state index contributed by atoms with van der Waals surface area (Å²) >= 11 is 0. The Hall–Kier alpha value is -2.92. The SMILES string of the molecule is O=C(Cc1cc(-c2ccccc2)on1)NCCc1ccc(CO)cc1. The van der Waals surface area contributed by atoms with Gasteiger partial charge in [-0.15, -0.1) is 0 Å². The number of nitrogens with zero attached hydrogens (tertiary/aromatic N) is 1. The third-order valence-electron chi connectivity index (χ3n) is 3.90. The van der Waals surface area contributed by atoms with E-state index in [-0.39, 0.29) is 18.9 Å². The Balaban J connectivity index is 1.47. The molecule has 0 radical (unpaired) electrons. The smallest absolute Gasteiger partial charge is 0.226 e. The van der Waals surface area contributed by atoms with E-state index in [1.54, 1.807) is 6.07 Å². The Labute approximate surface area is 146 Å². The monoisotopic (exact) mass is 336 g/mol. The van der Waals surface area contributed by atoms with Gasteiger partial charge in [-0.1, -0.05) is 59.8 Å². The first-order chi connectivity index (χ1) is 12.2. The van der Waals surface area contributed by atoms with Gasteiger partial charge in [0.05, 0.1) is 18.7 Å². The van der Waals surface area contributed by atoms with Crippen molar-refractivity contribution >= 4 is 5.91 Å². The highest BCUT2D eigenvalue weighted by Gasteiger charge is 2.10. The lowest BCUT2D eigenvalue weighted by Gasteiger charge is -2.05. The maximum Gasteiger partial charge on any atom is 0.226 e. The Morgan fingerprint density at radius 1 is 1.04 bits per heavy atom. The average Bonchev–Trinajstić information content (AvgIpc) is 3.11. The van der Waals surface area contributed by atoms with Crippen molar-refractivity contribution < 1.29 is 14.4 Å². The topological polar surface area (TPSA) is 75.4 Å². The van der Waals surface area contributed by atoms with Gasteiger partial charge >= 0.3 is 0 Å². The van der Waals surface area contributed by atoms with Crippen molar-refractivity contribution in [2.24, 2.45) is 0 Å². The molecule has 3 aromatic rings. The lowest BCUT2D eigenvalue weighted by molar-refractivity contribution is -0.120. The van der Waals surface area contributed by atoms with E-state index >= 15 is 0 Å². The van der Waals surface area contributed by atoms with Crippen molar-refractivity contribution in [2.75, 3.05) is 6.54 Å². The molecule has 1 heterocycles. The fraction of sp³-hybridized carbons (Fsp3) is 0.200. The minimum atomic E-state index is -0.0834. The predicted molar refractivity (Wildman–Crippen MR) is 94.7 cm³/mol. The Morgan fingerprint density at radius 3 is 2.48 bits per heavy atom. The maximum absolute atomic E-state index is 12.0. The number of rotatable bonds is 7. The lowest BCUT2D eigenvalue weighted by atomic mass is 10.1. The first kappa shape index (κ1) is 16.9. The number of nitrogens with one attached hydrogen (secondary N) is 1. The number of carbonyl (C=O) groups excluding carboxylic acids is 1. The molecule has 0 saturated heterocycles. The highest BCUT2D eigenvalue weighted by atomic mass is 16.5. The van der Waals surface area contributed by atoms with E-state index in [0.717, 1.165) is 23.1 Å². The molecule has 2 aromatic carbocycles. The second kappa shape index (κ2) is 8.26. The third-order valence-corrected chi connectivity index (χ3v) is 3.90. The molecule has 0 atom stereocenters. The van der Waals surface area contributed by atoms with E-state index in [2.05, 4.69) is 10.5 Å². The minimum Gasteiger partial charge on any atom is -0.392 e. The third kappa shape index (κ3) is 4.78. The van der Waals surface area contributed by atoms with Crippen LogP contribution in [-0.4, -0.2) is 22.7 Å². The number of hydrogen-bond acceptors (Lipinski definition) is 4. The summed E-state index contributed by atoms with van der Waals surface area (Å²) in [5, 5.41) is 15.9. The summed E-state index contributed by atoms with van der Waals surface area (Å²) in [7, 11) is 0. The molecule has 5 heteroatoms. The van der Waals surface area contributed by atoms with Crippen LogP contribution in [-0.2, 0) is 24.2 Å². The fourth-order valence-electron chi connectivity index (χ4n) is 2.52. The van der Waals surface area contributed by atoms with Crippen LogP contribution in [0.25, 0.3) is 11.3 Å². The molecule has 5 nitrogen and oxygen atoms in total. The standard InChI is InChI=1S/C20H20N2O3/c23-14-16-8-6-15(7-9-16)10-11-21-20(24)13-18-12-19(25-22-18)17-4-2-1-3-5-17/h1-9,12,23H,10-11,13-14H2,(H,21,24). The Bertz CT molecular complexity index is 810. The van der Waals surface area contributed by atoms with Crippen LogP contribution in [0.4, 0.5) is 0 Å². The second-order valence-corrected chi connectivity index (χ2v) is 5.80. The first-order valence-electron chi connectivity index (χ1n) is 8.21. The van der Waals surface area contributed by atoms with Crippen LogP contribution >= 0.6 is 0 Å². The zero-order valence-electron chi connectivity index (χ0n) is 13.8. The maximum atomic E-state index is 12.0. The molecule has 0 bridgehead atoms. The first-order valence-corrected chi connectivity index (χ1v) is 8.21. The molecule has 0 saturated carbocycles. The summed E-state index contributed by atoms with van der Waals surface area (Å²) in [6, 6.07) is 19.2. The predicted octanol–water partition coefficient (Wildman–Crippen LogP) is 2.74. The van der Waals surface area contributed by atoms with Gasteiger partial charge in [0.1, 0.15) is 0 Å². The van der Waals surface area contributed by atoms with Crippen LogP contribution < -0.4 is 5.32 Å². The number of hydrogen-bond donors (Lipinski definition) is 2. The molecule has 0 aliphatic rings. The van der Waals surface area contributed by atoms with Crippen LogP contribution in [0.15, 0.2) is 65.2 Å². The van der Waals surface area contributed by atoms with Gasteiger partial charge in [0, 0.05) is 18.2 Å². The molecule has 0 aliphatic carbocycles. The number of aliphatic hydroxyl groups is 1. The fourth-order valence-corrected chi connectivity index (χ4v) is 2.52. The second-order valence-electron chi connectivity index (χ2n) is 5.80. The van der Waals surface area contributed by atoms with Gasteiger partial charge in [-0.3, -0.25) is 4.79 Å². The summed E-state index contributed by atoms with van der Waals surface area (Å²) in [5.41, 5.74) is 3.55. The van der Waals surface area contributed by atoms with E-state index < -0.39 is 0 Å². The van der Waals surface area contributed by atoms with E-state index in [0.29, 0.717) is 18.0 Å². The number of aliphatic hydroxyl groups excluding tert-OH is 1. The highest BCUT2D eigenvalue weighted by molar-refractivity contribution is 5.78. The summed E-state index contributed by atoms with van der Waals surface area (Å²) in [5.74, 6) is 0.576. The van der Waals surface area contributed by atoms with Gasteiger partial charge in [-0.25, -0.2) is 0 Å². The van der Waals surface area contributed by atoms with Crippen molar-refractivity contribution in [3.8, 4) is 11.3 Å². The van der Waals surface area contributed by atoms with Gasteiger partial charge < -0.3 is 14.9 Å². The van der Waals surface area contributed by atoms with Gasteiger partial charge in [0.2, 0.25) is 5.91 Å². The number of benzene rings is 2. The highest BCUT2D eigenvalue weighted by Crippen LogP contribution is 2.19.